The van der Waals surface area contributed by atoms with Gasteiger partial charge in [0.15, 0.2) is 11.0 Å². The van der Waals surface area contributed by atoms with E-state index in [1.807, 2.05) is 7.05 Å². The van der Waals surface area contributed by atoms with Gasteiger partial charge >= 0.3 is 0 Å². The smallest absolute Gasteiger partial charge is 0.191 e. The molecular formula is C21H22N4S3. The Morgan fingerprint density at radius 3 is 2.57 bits per heavy atom. The minimum Gasteiger partial charge on any atom is -0.305 e. The molecule has 4 aromatic rings. The maximum atomic E-state index is 4.79. The molecule has 0 aliphatic carbocycles. The van der Waals surface area contributed by atoms with Crippen molar-refractivity contribution in [2.45, 2.75) is 38.1 Å². The first kappa shape index (κ1) is 19.4. The second-order valence-corrected chi connectivity index (χ2v) is 9.59. The van der Waals surface area contributed by atoms with Crippen LogP contribution in [0.25, 0.3) is 22.0 Å². The van der Waals surface area contributed by atoms with Gasteiger partial charge in [0.05, 0.1) is 5.69 Å². The fraction of sp³-hybridized carbons (Fsp3) is 0.286. The van der Waals surface area contributed by atoms with Crippen molar-refractivity contribution in [2.75, 3.05) is 0 Å². The number of aromatic nitrogens is 4. The average Bonchev–Trinajstić information content (AvgIpc) is 3.39. The molecule has 0 fully saturated rings. The van der Waals surface area contributed by atoms with E-state index in [4.69, 9.17) is 4.98 Å². The second kappa shape index (κ2) is 8.19. The Hall–Kier alpha value is -1.96. The second-order valence-electron chi connectivity index (χ2n) is 6.70. The van der Waals surface area contributed by atoms with E-state index in [0.717, 1.165) is 33.9 Å². The molecule has 144 valence electrons. The highest BCUT2D eigenvalue weighted by Gasteiger charge is 2.17. The summed E-state index contributed by atoms with van der Waals surface area (Å²) >= 11 is 5.16. The summed E-state index contributed by atoms with van der Waals surface area (Å²) in [6.45, 7) is 6.47. The van der Waals surface area contributed by atoms with Crippen LogP contribution < -0.4 is 0 Å². The Morgan fingerprint density at radius 2 is 1.82 bits per heavy atom. The maximum Gasteiger partial charge on any atom is 0.191 e. The van der Waals surface area contributed by atoms with Gasteiger partial charge < -0.3 is 4.57 Å². The molecule has 4 nitrogen and oxygen atoms in total. The number of rotatable bonds is 6. The number of thiazole rings is 1. The fourth-order valence-electron chi connectivity index (χ4n) is 3.12. The van der Waals surface area contributed by atoms with Crippen LogP contribution in [0.15, 0.2) is 40.2 Å². The van der Waals surface area contributed by atoms with E-state index in [1.54, 1.807) is 34.4 Å². The first-order valence-corrected chi connectivity index (χ1v) is 11.9. The Bertz CT molecular complexity index is 1090. The number of hydrogen-bond donors (Lipinski definition) is 0. The standard InChI is InChI=1S/C21H22N4S3/c1-5-17-14(3)26-12-18(17)19-23-24-21(25(19)4)28-11-16-10-27-20(22-16)15-8-6-13(2)7-9-15/h6-10,12H,5,11H2,1-4H3. The van der Waals surface area contributed by atoms with Crippen LogP contribution in [-0.4, -0.2) is 19.7 Å². The van der Waals surface area contributed by atoms with Crippen molar-refractivity contribution in [2.24, 2.45) is 7.05 Å². The van der Waals surface area contributed by atoms with Crippen molar-refractivity contribution >= 4 is 34.4 Å². The number of nitrogens with zero attached hydrogens (tertiary/aromatic N) is 4. The summed E-state index contributed by atoms with van der Waals surface area (Å²) in [7, 11) is 2.04. The Balaban J connectivity index is 1.49. The minimum absolute atomic E-state index is 0.789. The molecule has 1 aromatic carbocycles. The lowest BCUT2D eigenvalue weighted by Gasteiger charge is -2.04. The molecule has 0 atom stereocenters. The lowest BCUT2D eigenvalue weighted by atomic mass is 10.1. The SMILES string of the molecule is CCc1c(-c2nnc(SCc3csc(-c4ccc(C)cc4)n3)n2C)csc1C. The van der Waals surface area contributed by atoms with Crippen molar-refractivity contribution in [3.05, 3.63) is 56.7 Å². The zero-order valence-electron chi connectivity index (χ0n) is 16.4. The zero-order valence-corrected chi connectivity index (χ0v) is 18.8. The molecule has 7 heteroatoms. The van der Waals surface area contributed by atoms with Gasteiger partial charge in [-0.15, -0.1) is 32.9 Å². The summed E-state index contributed by atoms with van der Waals surface area (Å²) in [5.74, 6) is 1.74. The molecule has 0 radical (unpaired) electrons. The summed E-state index contributed by atoms with van der Waals surface area (Å²) in [5, 5.41) is 15.2. The molecule has 3 aromatic heterocycles. The van der Waals surface area contributed by atoms with Crippen LogP contribution >= 0.6 is 34.4 Å². The molecule has 0 bridgehead atoms. The monoisotopic (exact) mass is 426 g/mol. The quantitative estimate of drug-likeness (QED) is 0.347. The van der Waals surface area contributed by atoms with Gasteiger partial charge in [-0.25, -0.2) is 4.98 Å². The van der Waals surface area contributed by atoms with Gasteiger partial charge in [-0.05, 0) is 25.8 Å². The number of aryl methyl sites for hydroxylation is 2. The maximum absolute atomic E-state index is 4.79. The topological polar surface area (TPSA) is 43.6 Å². The van der Waals surface area contributed by atoms with E-state index in [0.29, 0.717) is 0 Å². The van der Waals surface area contributed by atoms with E-state index >= 15 is 0 Å². The summed E-state index contributed by atoms with van der Waals surface area (Å²) in [6.07, 6.45) is 1.01. The summed E-state index contributed by atoms with van der Waals surface area (Å²) in [6, 6.07) is 8.52. The third-order valence-electron chi connectivity index (χ3n) is 4.73. The van der Waals surface area contributed by atoms with Gasteiger partial charge in [-0.3, -0.25) is 0 Å². The fourth-order valence-corrected chi connectivity index (χ4v) is 5.80. The summed E-state index contributed by atoms with van der Waals surface area (Å²) < 4.78 is 2.10. The molecule has 0 aliphatic rings. The number of thiophene rings is 1. The van der Waals surface area contributed by atoms with Gasteiger partial charge in [0.2, 0.25) is 0 Å². The molecule has 0 aliphatic heterocycles. The van der Waals surface area contributed by atoms with Crippen LogP contribution in [0, 0.1) is 13.8 Å². The highest BCUT2D eigenvalue weighted by atomic mass is 32.2. The van der Waals surface area contributed by atoms with E-state index in [9.17, 15) is 0 Å². The van der Waals surface area contributed by atoms with Gasteiger partial charge in [0.1, 0.15) is 5.01 Å². The van der Waals surface area contributed by atoms with Gasteiger partial charge in [-0.2, -0.15) is 0 Å². The normalized spacial score (nSPS) is 11.3. The molecule has 0 saturated heterocycles. The van der Waals surface area contributed by atoms with Crippen LogP contribution in [0.3, 0.4) is 0 Å². The van der Waals surface area contributed by atoms with Gasteiger partial charge in [0, 0.05) is 39.6 Å². The third kappa shape index (κ3) is 3.79. The molecule has 28 heavy (non-hydrogen) atoms. The minimum atomic E-state index is 0.789. The number of benzene rings is 1. The largest absolute Gasteiger partial charge is 0.305 e. The van der Waals surface area contributed by atoms with Gasteiger partial charge in [0.25, 0.3) is 0 Å². The number of hydrogen-bond acceptors (Lipinski definition) is 6. The van der Waals surface area contributed by atoms with Crippen LogP contribution in [-0.2, 0) is 19.2 Å². The number of thioether (sulfide) groups is 1. The molecule has 4 rings (SSSR count). The van der Waals surface area contributed by atoms with Gasteiger partial charge in [-0.1, -0.05) is 48.5 Å². The highest BCUT2D eigenvalue weighted by Crippen LogP contribution is 2.33. The molecule has 0 saturated carbocycles. The van der Waals surface area contributed by atoms with Crippen LogP contribution in [0.1, 0.15) is 28.6 Å². The summed E-state index contributed by atoms with van der Waals surface area (Å²) in [5.41, 5.74) is 6.10. The Labute approximate surface area is 177 Å². The Morgan fingerprint density at radius 1 is 1.04 bits per heavy atom. The van der Waals surface area contributed by atoms with E-state index in [-0.39, 0.29) is 0 Å². The van der Waals surface area contributed by atoms with Crippen molar-refractivity contribution in [3.8, 4) is 22.0 Å². The zero-order chi connectivity index (χ0) is 19.7. The van der Waals surface area contributed by atoms with Crippen molar-refractivity contribution in [1.82, 2.24) is 19.7 Å². The lowest BCUT2D eigenvalue weighted by Crippen LogP contribution is -1.96. The van der Waals surface area contributed by atoms with Crippen molar-refractivity contribution < 1.29 is 0 Å². The average molecular weight is 427 g/mol. The van der Waals surface area contributed by atoms with Crippen molar-refractivity contribution in [3.63, 3.8) is 0 Å². The van der Waals surface area contributed by atoms with E-state index in [2.05, 4.69) is 70.6 Å². The molecule has 0 N–H and O–H groups in total. The first-order valence-electron chi connectivity index (χ1n) is 9.17. The molecular weight excluding hydrogens is 404 g/mol. The van der Waals surface area contributed by atoms with E-state index < -0.39 is 0 Å². The first-order chi connectivity index (χ1) is 13.6. The Kier molecular flexibility index (Phi) is 5.66. The predicted molar refractivity (Wildman–Crippen MR) is 120 cm³/mol. The molecule has 3 heterocycles. The molecule has 0 spiro atoms. The van der Waals surface area contributed by atoms with Crippen molar-refractivity contribution in [1.29, 1.82) is 0 Å². The van der Waals surface area contributed by atoms with Crippen LogP contribution in [0.2, 0.25) is 0 Å². The third-order valence-corrected chi connectivity index (χ3v) is 7.68. The van der Waals surface area contributed by atoms with Crippen LogP contribution in [0.5, 0.6) is 0 Å². The molecule has 0 amide bonds. The lowest BCUT2D eigenvalue weighted by molar-refractivity contribution is 0.793. The molecule has 0 unspecified atom stereocenters. The van der Waals surface area contributed by atoms with E-state index in [1.165, 1.54) is 27.1 Å². The summed E-state index contributed by atoms with van der Waals surface area (Å²) in [4.78, 5) is 6.15. The highest BCUT2D eigenvalue weighted by molar-refractivity contribution is 7.98. The van der Waals surface area contributed by atoms with Crippen LogP contribution in [0.4, 0.5) is 0 Å². The predicted octanol–water partition coefficient (Wildman–Crippen LogP) is 6.14.